The predicted octanol–water partition coefficient (Wildman–Crippen LogP) is 1.67. The third-order valence-electron chi connectivity index (χ3n) is 3.14. The van der Waals surface area contributed by atoms with Gasteiger partial charge in [0.2, 0.25) is 0 Å². The van der Waals surface area contributed by atoms with Crippen molar-refractivity contribution < 1.29 is 17.5 Å². The van der Waals surface area contributed by atoms with E-state index in [1.807, 2.05) is 6.07 Å². The Morgan fingerprint density at radius 3 is 2.28 bits per heavy atom. The van der Waals surface area contributed by atoms with Crippen molar-refractivity contribution in [2.45, 2.75) is 22.5 Å². The van der Waals surface area contributed by atoms with Gasteiger partial charge in [-0.2, -0.15) is 5.26 Å². The SMILES string of the molecule is N#CC1(S(=O)(=O)c2ccc(F)cc2)CCOCC1. The van der Waals surface area contributed by atoms with E-state index in [2.05, 4.69) is 0 Å². The average molecular weight is 269 g/mol. The lowest BCUT2D eigenvalue weighted by Crippen LogP contribution is -2.42. The van der Waals surface area contributed by atoms with Gasteiger partial charge in [-0.05, 0) is 24.3 Å². The molecule has 0 amide bonds. The Morgan fingerprint density at radius 1 is 1.22 bits per heavy atom. The van der Waals surface area contributed by atoms with Crippen LogP contribution in [0.2, 0.25) is 0 Å². The van der Waals surface area contributed by atoms with Crippen LogP contribution in [0.3, 0.4) is 0 Å². The fourth-order valence-electron chi connectivity index (χ4n) is 1.98. The van der Waals surface area contributed by atoms with Crippen molar-refractivity contribution in [2.75, 3.05) is 13.2 Å². The van der Waals surface area contributed by atoms with Crippen LogP contribution in [-0.4, -0.2) is 26.4 Å². The molecule has 0 N–H and O–H groups in total. The Balaban J connectivity index is 2.47. The summed E-state index contributed by atoms with van der Waals surface area (Å²) in [5.74, 6) is -0.507. The van der Waals surface area contributed by atoms with Gasteiger partial charge in [0.1, 0.15) is 5.82 Å². The molecule has 6 heteroatoms. The smallest absolute Gasteiger partial charge is 0.197 e. The molecule has 1 heterocycles. The highest BCUT2D eigenvalue weighted by atomic mass is 32.2. The number of hydrogen-bond donors (Lipinski definition) is 0. The number of sulfone groups is 1. The third-order valence-corrected chi connectivity index (χ3v) is 5.56. The minimum atomic E-state index is -3.80. The molecule has 4 nitrogen and oxygen atoms in total. The molecule has 96 valence electrons. The molecule has 0 saturated carbocycles. The molecular formula is C12H12FNO3S. The summed E-state index contributed by atoms with van der Waals surface area (Å²) >= 11 is 0. The predicted molar refractivity (Wildman–Crippen MR) is 62.0 cm³/mol. The van der Waals surface area contributed by atoms with Crippen LogP contribution in [0.15, 0.2) is 29.2 Å². The zero-order chi connectivity index (χ0) is 13.2. The lowest BCUT2D eigenvalue weighted by atomic mass is 10.0. The van der Waals surface area contributed by atoms with Gasteiger partial charge in [0.25, 0.3) is 0 Å². The van der Waals surface area contributed by atoms with E-state index in [0.717, 1.165) is 12.1 Å². The van der Waals surface area contributed by atoms with E-state index in [-0.39, 0.29) is 31.0 Å². The van der Waals surface area contributed by atoms with Gasteiger partial charge in [-0.1, -0.05) is 0 Å². The molecule has 1 aliphatic rings. The first-order valence-corrected chi connectivity index (χ1v) is 6.99. The molecule has 18 heavy (non-hydrogen) atoms. The lowest BCUT2D eigenvalue weighted by Gasteiger charge is -2.30. The van der Waals surface area contributed by atoms with Crippen LogP contribution in [0.5, 0.6) is 0 Å². The number of ether oxygens (including phenoxy) is 1. The van der Waals surface area contributed by atoms with Gasteiger partial charge in [-0.3, -0.25) is 0 Å². The van der Waals surface area contributed by atoms with Gasteiger partial charge >= 0.3 is 0 Å². The molecule has 0 spiro atoms. The second-order valence-electron chi connectivity index (χ2n) is 4.18. The molecule has 0 unspecified atom stereocenters. The number of benzene rings is 1. The Bertz CT molecular complexity index is 568. The number of hydrogen-bond acceptors (Lipinski definition) is 4. The Hall–Kier alpha value is -1.45. The second-order valence-corrected chi connectivity index (χ2v) is 6.44. The van der Waals surface area contributed by atoms with Crippen LogP contribution in [0, 0.1) is 17.1 Å². The highest BCUT2D eigenvalue weighted by molar-refractivity contribution is 7.93. The van der Waals surface area contributed by atoms with Crippen molar-refractivity contribution in [3.63, 3.8) is 0 Å². The van der Waals surface area contributed by atoms with Crippen LogP contribution in [0.25, 0.3) is 0 Å². The van der Waals surface area contributed by atoms with Gasteiger partial charge in [0.15, 0.2) is 14.6 Å². The van der Waals surface area contributed by atoms with Crippen LogP contribution < -0.4 is 0 Å². The summed E-state index contributed by atoms with van der Waals surface area (Å²) in [6.45, 7) is 0.488. The van der Waals surface area contributed by atoms with Gasteiger partial charge < -0.3 is 4.74 Å². The fraction of sp³-hybridized carbons (Fsp3) is 0.417. The molecule has 0 aromatic heterocycles. The van der Waals surface area contributed by atoms with Gasteiger partial charge in [-0.25, -0.2) is 12.8 Å². The maximum atomic E-state index is 12.8. The number of nitriles is 1. The van der Waals surface area contributed by atoms with Crippen molar-refractivity contribution in [1.82, 2.24) is 0 Å². The quantitative estimate of drug-likeness (QED) is 0.766. The summed E-state index contributed by atoms with van der Waals surface area (Å²) in [5, 5.41) is 9.23. The van der Waals surface area contributed by atoms with Crippen molar-refractivity contribution in [1.29, 1.82) is 5.26 Å². The first-order chi connectivity index (χ1) is 8.52. The minimum Gasteiger partial charge on any atom is -0.381 e. The molecule has 0 atom stereocenters. The maximum absolute atomic E-state index is 12.8. The number of nitrogens with zero attached hydrogens (tertiary/aromatic N) is 1. The second kappa shape index (κ2) is 4.67. The van der Waals surface area contributed by atoms with E-state index in [9.17, 15) is 18.1 Å². The van der Waals surface area contributed by atoms with E-state index in [4.69, 9.17) is 4.74 Å². The first-order valence-electron chi connectivity index (χ1n) is 5.51. The minimum absolute atomic E-state index is 0.0210. The maximum Gasteiger partial charge on any atom is 0.197 e. The molecule has 0 aliphatic carbocycles. The highest BCUT2D eigenvalue weighted by Crippen LogP contribution is 2.34. The average Bonchev–Trinajstić information content (AvgIpc) is 2.40. The van der Waals surface area contributed by atoms with Crippen molar-refractivity contribution in [2.24, 2.45) is 0 Å². The Kier molecular flexibility index (Phi) is 3.37. The molecule has 1 saturated heterocycles. The molecular weight excluding hydrogens is 257 g/mol. The van der Waals surface area contributed by atoms with Crippen molar-refractivity contribution >= 4 is 9.84 Å². The summed E-state index contributed by atoms with van der Waals surface area (Å²) in [4.78, 5) is -0.0210. The Labute approximate surface area is 105 Å². The first kappa shape index (κ1) is 13.0. The van der Waals surface area contributed by atoms with Crippen LogP contribution in [-0.2, 0) is 14.6 Å². The normalized spacial score (nSPS) is 19.1. The summed E-state index contributed by atoms with van der Waals surface area (Å²) in [6, 6.07) is 6.46. The van der Waals surface area contributed by atoms with E-state index in [0.29, 0.717) is 0 Å². The summed E-state index contributed by atoms with van der Waals surface area (Å²) < 4.78 is 41.4. The molecule has 2 rings (SSSR count). The third kappa shape index (κ3) is 2.00. The van der Waals surface area contributed by atoms with E-state index < -0.39 is 20.4 Å². The highest BCUT2D eigenvalue weighted by Gasteiger charge is 2.46. The summed E-state index contributed by atoms with van der Waals surface area (Å²) in [6.07, 6.45) is 0.284. The van der Waals surface area contributed by atoms with E-state index in [1.165, 1.54) is 12.1 Å². The monoisotopic (exact) mass is 269 g/mol. The van der Waals surface area contributed by atoms with Crippen LogP contribution >= 0.6 is 0 Å². The number of rotatable bonds is 2. The van der Waals surface area contributed by atoms with E-state index in [1.54, 1.807) is 0 Å². The van der Waals surface area contributed by atoms with Gasteiger partial charge in [-0.15, -0.1) is 0 Å². The van der Waals surface area contributed by atoms with E-state index >= 15 is 0 Å². The molecule has 1 aromatic carbocycles. The molecule has 0 radical (unpaired) electrons. The molecule has 1 fully saturated rings. The lowest BCUT2D eigenvalue weighted by molar-refractivity contribution is 0.0863. The topological polar surface area (TPSA) is 67.2 Å². The van der Waals surface area contributed by atoms with Crippen molar-refractivity contribution in [3.8, 4) is 6.07 Å². The van der Waals surface area contributed by atoms with Crippen LogP contribution in [0.4, 0.5) is 4.39 Å². The summed E-state index contributed by atoms with van der Waals surface area (Å²) in [5.41, 5.74) is 0. The van der Waals surface area contributed by atoms with Crippen LogP contribution in [0.1, 0.15) is 12.8 Å². The van der Waals surface area contributed by atoms with Gasteiger partial charge in [0, 0.05) is 26.1 Å². The molecule has 0 bridgehead atoms. The fourth-order valence-corrected chi connectivity index (χ4v) is 3.75. The van der Waals surface area contributed by atoms with Gasteiger partial charge in [0.05, 0.1) is 11.0 Å². The largest absolute Gasteiger partial charge is 0.381 e. The number of halogens is 1. The zero-order valence-corrected chi connectivity index (χ0v) is 10.4. The van der Waals surface area contributed by atoms with Crippen molar-refractivity contribution in [3.05, 3.63) is 30.1 Å². The Morgan fingerprint density at radius 2 is 1.78 bits per heavy atom. The standard InChI is InChI=1S/C12H12FNO3S/c13-10-1-3-11(4-2-10)18(15,16)12(9-14)5-7-17-8-6-12/h1-4H,5-8H2. The summed E-state index contributed by atoms with van der Waals surface area (Å²) in [7, 11) is -3.80. The molecule has 1 aliphatic heterocycles. The zero-order valence-electron chi connectivity index (χ0n) is 9.60. The molecule has 1 aromatic rings.